The summed E-state index contributed by atoms with van der Waals surface area (Å²) in [5, 5.41) is 2.19. The van der Waals surface area contributed by atoms with Crippen LogP contribution in [0.2, 0.25) is 0 Å². The third kappa shape index (κ3) is 3.37. The van der Waals surface area contributed by atoms with Crippen molar-refractivity contribution in [1.82, 2.24) is 4.90 Å². The van der Waals surface area contributed by atoms with Crippen LogP contribution in [0.3, 0.4) is 0 Å². The lowest BCUT2D eigenvalue weighted by atomic mass is 10.1. The molecule has 1 aliphatic heterocycles. The molecule has 1 aliphatic rings. The summed E-state index contributed by atoms with van der Waals surface area (Å²) in [6, 6.07) is 20.7. The average molecular weight is 366 g/mol. The van der Waals surface area contributed by atoms with Gasteiger partial charge >= 0.3 is 0 Å². The maximum absolute atomic E-state index is 13.0. The zero-order valence-corrected chi connectivity index (χ0v) is 15.6. The number of rotatable bonds is 3. The molecular formula is C21H19NOS2. The summed E-state index contributed by atoms with van der Waals surface area (Å²) in [6.07, 6.45) is 0. The summed E-state index contributed by atoms with van der Waals surface area (Å²) in [7, 11) is 0. The van der Waals surface area contributed by atoms with E-state index in [0.717, 1.165) is 23.4 Å². The number of nitrogens with zero attached hydrogens (tertiary/aromatic N) is 1. The fourth-order valence-corrected chi connectivity index (χ4v) is 5.06. The molecule has 0 bridgehead atoms. The molecule has 1 atom stereocenters. The van der Waals surface area contributed by atoms with E-state index in [-0.39, 0.29) is 11.3 Å². The van der Waals surface area contributed by atoms with Crippen molar-refractivity contribution in [2.75, 3.05) is 12.3 Å². The first kappa shape index (κ1) is 16.4. The van der Waals surface area contributed by atoms with Crippen molar-refractivity contribution in [3.05, 3.63) is 82.7 Å². The van der Waals surface area contributed by atoms with Crippen molar-refractivity contribution in [3.63, 3.8) is 0 Å². The molecule has 1 saturated heterocycles. The lowest BCUT2D eigenvalue weighted by Gasteiger charge is -2.24. The molecule has 0 saturated carbocycles. The highest BCUT2D eigenvalue weighted by Gasteiger charge is 2.31. The van der Waals surface area contributed by atoms with E-state index in [9.17, 15) is 4.79 Å². The van der Waals surface area contributed by atoms with Gasteiger partial charge in [-0.2, -0.15) is 0 Å². The van der Waals surface area contributed by atoms with Gasteiger partial charge in [-0.3, -0.25) is 4.79 Å². The quantitative estimate of drug-likeness (QED) is 0.601. The summed E-state index contributed by atoms with van der Waals surface area (Å²) in [4.78, 5) is 16.2. The Labute approximate surface area is 156 Å². The van der Waals surface area contributed by atoms with Crippen LogP contribution in [-0.2, 0) is 0 Å². The SMILES string of the molecule is Cc1ccc(C2SCCN2C(=O)c2ccc(-c3cccs3)cc2)cc1. The molecule has 0 N–H and O–H groups in total. The number of aryl methyl sites for hydroxylation is 1. The van der Waals surface area contributed by atoms with Crippen LogP contribution in [-0.4, -0.2) is 23.1 Å². The maximum atomic E-state index is 13.0. The van der Waals surface area contributed by atoms with Gasteiger partial charge in [-0.25, -0.2) is 0 Å². The van der Waals surface area contributed by atoms with Gasteiger partial charge in [0.2, 0.25) is 0 Å². The van der Waals surface area contributed by atoms with Crippen molar-refractivity contribution < 1.29 is 4.79 Å². The molecule has 4 rings (SSSR count). The Morgan fingerprint density at radius 1 is 1.04 bits per heavy atom. The molecule has 126 valence electrons. The molecule has 1 amide bonds. The lowest BCUT2D eigenvalue weighted by molar-refractivity contribution is 0.0760. The molecule has 0 spiro atoms. The van der Waals surface area contributed by atoms with Crippen molar-refractivity contribution in [1.29, 1.82) is 0 Å². The van der Waals surface area contributed by atoms with Crippen molar-refractivity contribution >= 4 is 29.0 Å². The van der Waals surface area contributed by atoms with Crippen LogP contribution >= 0.6 is 23.1 Å². The predicted molar refractivity (Wildman–Crippen MR) is 107 cm³/mol. The first-order chi connectivity index (χ1) is 12.2. The van der Waals surface area contributed by atoms with Crippen LogP contribution < -0.4 is 0 Å². The standard InChI is InChI=1S/C21H19NOS2/c1-15-4-6-18(7-5-15)21-22(12-14-25-21)20(23)17-10-8-16(9-11-17)19-3-2-13-24-19/h2-11,13,21H,12,14H2,1H3. The molecule has 3 aromatic rings. The van der Waals surface area contributed by atoms with Gasteiger partial charge in [-0.05, 0) is 41.6 Å². The van der Waals surface area contributed by atoms with E-state index in [1.165, 1.54) is 16.0 Å². The van der Waals surface area contributed by atoms with Gasteiger partial charge in [-0.1, -0.05) is 48.0 Å². The van der Waals surface area contributed by atoms with Crippen LogP contribution in [0.4, 0.5) is 0 Å². The molecule has 2 aromatic carbocycles. The van der Waals surface area contributed by atoms with Crippen LogP contribution in [0.1, 0.15) is 26.9 Å². The Bertz CT molecular complexity index is 854. The second-order valence-corrected chi connectivity index (χ2v) is 8.32. The van der Waals surface area contributed by atoms with Gasteiger partial charge in [0.05, 0.1) is 0 Å². The number of benzene rings is 2. The van der Waals surface area contributed by atoms with Crippen LogP contribution in [0.15, 0.2) is 66.0 Å². The zero-order valence-electron chi connectivity index (χ0n) is 14.0. The van der Waals surface area contributed by atoms with Crippen LogP contribution in [0.25, 0.3) is 10.4 Å². The highest BCUT2D eigenvalue weighted by Crippen LogP contribution is 2.39. The lowest BCUT2D eigenvalue weighted by Crippen LogP contribution is -2.30. The summed E-state index contributed by atoms with van der Waals surface area (Å²) < 4.78 is 0. The maximum Gasteiger partial charge on any atom is 0.255 e. The molecule has 2 nitrogen and oxygen atoms in total. The zero-order chi connectivity index (χ0) is 17.2. The largest absolute Gasteiger partial charge is 0.322 e. The Balaban J connectivity index is 1.56. The predicted octanol–water partition coefficient (Wildman–Crippen LogP) is 5.61. The Kier molecular flexibility index (Phi) is 4.64. The molecule has 25 heavy (non-hydrogen) atoms. The molecule has 0 radical (unpaired) electrons. The summed E-state index contributed by atoms with van der Waals surface area (Å²) in [5.41, 5.74) is 4.38. The number of carbonyl (C=O) groups excluding carboxylic acids is 1. The molecule has 0 aliphatic carbocycles. The second-order valence-electron chi connectivity index (χ2n) is 6.19. The van der Waals surface area contributed by atoms with Gasteiger partial charge in [0.15, 0.2) is 0 Å². The summed E-state index contributed by atoms with van der Waals surface area (Å²) >= 11 is 3.56. The average Bonchev–Trinajstić information content (AvgIpc) is 3.34. The smallest absolute Gasteiger partial charge is 0.255 e. The summed E-state index contributed by atoms with van der Waals surface area (Å²) in [6.45, 7) is 2.89. The number of hydrogen-bond donors (Lipinski definition) is 0. The third-order valence-electron chi connectivity index (χ3n) is 4.45. The van der Waals surface area contributed by atoms with E-state index >= 15 is 0 Å². The molecule has 1 fully saturated rings. The van der Waals surface area contributed by atoms with Gasteiger partial charge in [0.1, 0.15) is 5.37 Å². The van der Waals surface area contributed by atoms with Crippen molar-refractivity contribution in [2.24, 2.45) is 0 Å². The first-order valence-electron chi connectivity index (χ1n) is 8.35. The monoisotopic (exact) mass is 365 g/mol. The molecule has 1 unspecified atom stereocenters. The minimum Gasteiger partial charge on any atom is -0.322 e. The van der Waals surface area contributed by atoms with E-state index in [0.29, 0.717) is 0 Å². The molecule has 1 aromatic heterocycles. The van der Waals surface area contributed by atoms with E-state index in [2.05, 4.69) is 42.6 Å². The molecular weight excluding hydrogens is 346 g/mol. The Hall–Kier alpha value is -2.04. The minimum atomic E-state index is 0.116. The van der Waals surface area contributed by atoms with E-state index < -0.39 is 0 Å². The summed E-state index contributed by atoms with van der Waals surface area (Å²) in [5.74, 6) is 1.10. The Morgan fingerprint density at radius 2 is 1.80 bits per heavy atom. The van der Waals surface area contributed by atoms with Crippen LogP contribution in [0, 0.1) is 6.92 Å². The fourth-order valence-electron chi connectivity index (χ4n) is 3.07. The second kappa shape index (κ2) is 7.06. The Morgan fingerprint density at radius 3 is 2.48 bits per heavy atom. The molecule has 2 heterocycles. The fraction of sp³-hybridized carbons (Fsp3) is 0.190. The minimum absolute atomic E-state index is 0.116. The van der Waals surface area contributed by atoms with Gasteiger partial charge in [0.25, 0.3) is 5.91 Å². The number of hydrogen-bond acceptors (Lipinski definition) is 3. The highest BCUT2D eigenvalue weighted by molar-refractivity contribution is 7.99. The number of thioether (sulfide) groups is 1. The highest BCUT2D eigenvalue weighted by atomic mass is 32.2. The van der Waals surface area contributed by atoms with Gasteiger partial charge in [-0.15, -0.1) is 23.1 Å². The number of thiophene rings is 1. The number of amides is 1. The molecule has 4 heteroatoms. The van der Waals surface area contributed by atoms with E-state index in [4.69, 9.17) is 0 Å². The van der Waals surface area contributed by atoms with E-state index in [1.54, 1.807) is 11.3 Å². The first-order valence-corrected chi connectivity index (χ1v) is 10.3. The van der Waals surface area contributed by atoms with E-state index in [1.807, 2.05) is 47.0 Å². The van der Waals surface area contributed by atoms with Crippen molar-refractivity contribution in [3.8, 4) is 10.4 Å². The topological polar surface area (TPSA) is 20.3 Å². The van der Waals surface area contributed by atoms with Gasteiger partial charge < -0.3 is 4.90 Å². The van der Waals surface area contributed by atoms with Crippen molar-refractivity contribution in [2.45, 2.75) is 12.3 Å². The normalized spacial score (nSPS) is 17.0. The number of carbonyl (C=O) groups is 1. The van der Waals surface area contributed by atoms with Gasteiger partial charge in [0, 0.05) is 22.7 Å². The third-order valence-corrected chi connectivity index (χ3v) is 6.63. The van der Waals surface area contributed by atoms with Crippen LogP contribution in [0.5, 0.6) is 0 Å².